The summed E-state index contributed by atoms with van der Waals surface area (Å²) in [6.07, 6.45) is -0.309. The van der Waals surface area contributed by atoms with Gasteiger partial charge in [-0.3, -0.25) is 4.79 Å². The molecule has 3 aromatic rings. The van der Waals surface area contributed by atoms with Crippen LogP contribution < -0.4 is 10.1 Å². The van der Waals surface area contributed by atoms with Crippen LogP contribution in [-0.4, -0.2) is 26.4 Å². The van der Waals surface area contributed by atoms with Gasteiger partial charge in [-0.15, -0.1) is 10.2 Å². The lowest BCUT2D eigenvalue weighted by Crippen LogP contribution is -2.15. The standard InChI is InChI=1S/C21H23FN4O2S/c1-13-9-10-16(11-14(13)2)28-15(3)20-24-25-21(26(20)4)29-12-19(27)23-18-8-6-5-7-17(18)22/h5-11,15H,12H2,1-4H3,(H,23,27). The van der Waals surface area contributed by atoms with Crippen LogP contribution in [0.3, 0.4) is 0 Å². The van der Waals surface area contributed by atoms with Gasteiger partial charge in [0.1, 0.15) is 11.6 Å². The fourth-order valence-electron chi connectivity index (χ4n) is 2.73. The summed E-state index contributed by atoms with van der Waals surface area (Å²) in [6.45, 7) is 5.99. The summed E-state index contributed by atoms with van der Waals surface area (Å²) >= 11 is 1.23. The molecule has 0 radical (unpaired) electrons. The van der Waals surface area contributed by atoms with Crippen LogP contribution >= 0.6 is 11.8 Å². The fourth-order valence-corrected chi connectivity index (χ4v) is 3.45. The molecule has 2 aromatic carbocycles. The molecule has 8 heteroatoms. The van der Waals surface area contributed by atoms with Gasteiger partial charge in [-0.2, -0.15) is 0 Å². The molecule has 0 aliphatic heterocycles. The van der Waals surface area contributed by atoms with E-state index < -0.39 is 5.82 Å². The van der Waals surface area contributed by atoms with E-state index >= 15 is 0 Å². The number of nitrogens with one attached hydrogen (secondary N) is 1. The molecule has 0 aliphatic carbocycles. The number of ether oxygens (including phenoxy) is 1. The number of carbonyl (C=O) groups is 1. The van der Waals surface area contributed by atoms with E-state index in [-0.39, 0.29) is 23.5 Å². The molecular weight excluding hydrogens is 391 g/mol. The van der Waals surface area contributed by atoms with E-state index in [1.54, 1.807) is 16.7 Å². The monoisotopic (exact) mass is 414 g/mol. The van der Waals surface area contributed by atoms with E-state index in [0.29, 0.717) is 11.0 Å². The summed E-state index contributed by atoms with van der Waals surface area (Å²) in [5.74, 6) is 0.725. The first kappa shape index (κ1) is 20.9. The summed E-state index contributed by atoms with van der Waals surface area (Å²) < 4.78 is 21.4. The zero-order valence-corrected chi connectivity index (χ0v) is 17.6. The molecule has 1 aromatic heterocycles. The van der Waals surface area contributed by atoms with E-state index in [1.165, 1.54) is 29.5 Å². The minimum Gasteiger partial charge on any atom is -0.483 e. The van der Waals surface area contributed by atoms with Gasteiger partial charge in [0.05, 0.1) is 11.4 Å². The summed E-state index contributed by atoms with van der Waals surface area (Å²) in [6, 6.07) is 12.0. The molecule has 0 bridgehead atoms. The normalized spacial score (nSPS) is 11.9. The molecule has 1 heterocycles. The highest BCUT2D eigenvalue weighted by Crippen LogP contribution is 2.25. The molecule has 152 valence electrons. The Labute approximate surface area is 173 Å². The Bertz CT molecular complexity index is 1020. The number of anilines is 1. The van der Waals surface area contributed by atoms with Crippen LogP contribution in [0, 0.1) is 19.7 Å². The van der Waals surface area contributed by atoms with E-state index in [2.05, 4.69) is 22.4 Å². The van der Waals surface area contributed by atoms with Crippen LogP contribution in [0.4, 0.5) is 10.1 Å². The van der Waals surface area contributed by atoms with Crippen molar-refractivity contribution in [3.8, 4) is 5.75 Å². The topological polar surface area (TPSA) is 69.0 Å². The first-order valence-corrected chi connectivity index (χ1v) is 10.1. The first-order chi connectivity index (χ1) is 13.8. The quantitative estimate of drug-likeness (QED) is 0.579. The Kier molecular flexibility index (Phi) is 6.53. The summed E-state index contributed by atoms with van der Waals surface area (Å²) in [7, 11) is 1.83. The molecule has 0 aliphatic rings. The third-order valence-corrected chi connectivity index (χ3v) is 5.52. The van der Waals surface area contributed by atoms with E-state index in [1.807, 2.05) is 39.1 Å². The smallest absolute Gasteiger partial charge is 0.234 e. The Morgan fingerprint density at radius 3 is 2.69 bits per heavy atom. The number of thioether (sulfide) groups is 1. The highest BCUT2D eigenvalue weighted by molar-refractivity contribution is 7.99. The molecule has 0 saturated heterocycles. The van der Waals surface area contributed by atoms with Gasteiger partial charge in [-0.05, 0) is 56.2 Å². The zero-order valence-electron chi connectivity index (χ0n) is 16.8. The van der Waals surface area contributed by atoms with Crippen LogP contribution in [0.25, 0.3) is 0 Å². The number of nitrogens with zero attached hydrogens (tertiary/aromatic N) is 3. The highest BCUT2D eigenvalue weighted by atomic mass is 32.2. The molecule has 1 N–H and O–H groups in total. The van der Waals surface area contributed by atoms with Crippen molar-refractivity contribution < 1.29 is 13.9 Å². The Morgan fingerprint density at radius 2 is 1.97 bits per heavy atom. The number of halogens is 1. The largest absolute Gasteiger partial charge is 0.483 e. The lowest BCUT2D eigenvalue weighted by molar-refractivity contribution is -0.113. The lowest BCUT2D eigenvalue weighted by atomic mass is 10.1. The van der Waals surface area contributed by atoms with Gasteiger partial charge >= 0.3 is 0 Å². The Morgan fingerprint density at radius 1 is 1.21 bits per heavy atom. The third-order valence-electron chi connectivity index (χ3n) is 4.50. The molecule has 3 rings (SSSR count). The number of para-hydroxylation sites is 1. The molecule has 1 amide bonds. The van der Waals surface area contributed by atoms with Crippen molar-refractivity contribution in [2.45, 2.75) is 32.0 Å². The van der Waals surface area contributed by atoms with Crippen molar-refractivity contribution in [1.29, 1.82) is 0 Å². The van der Waals surface area contributed by atoms with E-state index in [9.17, 15) is 9.18 Å². The van der Waals surface area contributed by atoms with E-state index in [4.69, 9.17) is 4.74 Å². The molecular formula is C21H23FN4O2S. The Hall–Kier alpha value is -2.87. The van der Waals surface area contributed by atoms with Gasteiger partial charge in [0.15, 0.2) is 17.1 Å². The minimum atomic E-state index is -0.468. The average Bonchev–Trinajstić information content (AvgIpc) is 3.05. The van der Waals surface area contributed by atoms with Gasteiger partial charge in [-0.1, -0.05) is 30.0 Å². The number of benzene rings is 2. The van der Waals surface area contributed by atoms with Crippen molar-refractivity contribution in [2.24, 2.45) is 7.05 Å². The maximum atomic E-state index is 13.6. The van der Waals surface area contributed by atoms with Gasteiger partial charge in [0, 0.05) is 7.05 Å². The number of aryl methyl sites for hydroxylation is 2. The number of carbonyl (C=O) groups excluding carboxylic acids is 1. The maximum Gasteiger partial charge on any atom is 0.234 e. The molecule has 0 saturated carbocycles. The van der Waals surface area contributed by atoms with Gasteiger partial charge in [-0.25, -0.2) is 4.39 Å². The molecule has 1 atom stereocenters. The van der Waals surface area contributed by atoms with Crippen LogP contribution in [0.15, 0.2) is 47.6 Å². The van der Waals surface area contributed by atoms with Crippen molar-refractivity contribution in [3.05, 3.63) is 65.2 Å². The van der Waals surface area contributed by atoms with Crippen molar-refractivity contribution in [2.75, 3.05) is 11.1 Å². The molecule has 29 heavy (non-hydrogen) atoms. The van der Waals surface area contributed by atoms with Gasteiger partial charge < -0.3 is 14.6 Å². The third kappa shape index (κ3) is 5.14. The number of rotatable bonds is 7. The predicted octanol–water partition coefficient (Wildman–Crippen LogP) is 4.44. The zero-order chi connectivity index (χ0) is 21.0. The number of hydrogen-bond donors (Lipinski definition) is 1. The van der Waals surface area contributed by atoms with E-state index in [0.717, 1.165) is 11.3 Å². The molecule has 0 fully saturated rings. The summed E-state index contributed by atoms with van der Waals surface area (Å²) in [5.41, 5.74) is 2.52. The molecule has 6 nitrogen and oxygen atoms in total. The van der Waals surface area contributed by atoms with Crippen molar-refractivity contribution in [3.63, 3.8) is 0 Å². The van der Waals surface area contributed by atoms with Crippen LogP contribution in [0.5, 0.6) is 5.75 Å². The lowest BCUT2D eigenvalue weighted by Gasteiger charge is -2.15. The fraction of sp³-hybridized carbons (Fsp3) is 0.286. The Balaban J connectivity index is 1.60. The number of aromatic nitrogens is 3. The van der Waals surface area contributed by atoms with Crippen LogP contribution in [-0.2, 0) is 11.8 Å². The first-order valence-electron chi connectivity index (χ1n) is 9.15. The maximum absolute atomic E-state index is 13.6. The summed E-state index contributed by atoms with van der Waals surface area (Å²) in [4.78, 5) is 12.1. The summed E-state index contributed by atoms with van der Waals surface area (Å²) in [5, 5.41) is 11.5. The van der Waals surface area contributed by atoms with Crippen molar-refractivity contribution in [1.82, 2.24) is 14.8 Å². The second-order valence-electron chi connectivity index (χ2n) is 6.72. The van der Waals surface area contributed by atoms with Gasteiger partial charge in [0.25, 0.3) is 0 Å². The predicted molar refractivity (Wildman–Crippen MR) is 112 cm³/mol. The average molecular weight is 415 g/mol. The number of hydrogen-bond acceptors (Lipinski definition) is 5. The van der Waals surface area contributed by atoms with Gasteiger partial charge in [0.2, 0.25) is 5.91 Å². The second-order valence-corrected chi connectivity index (χ2v) is 7.67. The highest BCUT2D eigenvalue weighted by Gasteiger charge is 2.18. The SMILES string of the molecule is Cc1ccc(OC(C)c2nnc(SCC(=O)Nc3ccccc3F)n2C)cc1C. The van der Waals surface area contributed by atoms with Crippen LogP contribution in [0.2, 0.25) is 0 Å². The van der Waals surface area contributed by atoms with Crippen LogP contribution in [0.1, 0.15) is 30.0 Å². The minimum absolute atomic E-state index is 0.0900. The molecule has 1 unspecified atom stereocenters. The molecule has 0 spiro atoms. The number of amides is 1. The second kappa shape index (κ2) is 9.09. The van der Waals surface area contributed by atoms with Crippen molar-refractivity contribution >= 4 is 23.4 Å².